The van der Waals surface area contributed by atoms with Crippen molar-refractivity contribution in [3.63, 3.8) is 0 Å². The van der Waals surface area contributed by atoms with Gasteiger partial charge in [0.25, 0.3) is 11.3 Å². The lowest BCUT2D eigenvalue weighted by Crippen LogP contribution is -2.23. The summed E-state index contributed by atoms with van der Waals surface area (Å²) in [5.41, 5.74) is -1.66. The summed E-state index contributed by atoms with van der Waals surface area (Å²) in [6.45, 7) is 0. The van der Waals surface area contributed by atoms with E-state index in [0.29, 0.717) is 0 Å². The van der Waals surface area contributed by atoms with Crippen molar-refractivity contribution in [3.8, 4) is 0 Å². The predicted octanol–water partition coefficient (Wildman–Crippen LogP) is -0.414. The van der Waals surface area contributed by atoms with Gasteiger partial charge in [0.1, 0.15) is 5.70 Å². The Kier molecular flexibility index (Phi) is 3.54. The molecule has 0 unspecified atom stereocenters. The van der Waals surface area contributed by atoms with Gasteiger partial charge in [-0.05, 0) is 18.2 Å². The van der Waals surface area contributed by atoms with Crippen LogP contribution in [0.15, 0.2) is 52.2 Å². The van der Waals surface area contributed by atoms with Crippen molar-refractivity contribution in [2.24, 2.45) is 0 Å². The van der Waals surface area contributed by atoms with Gasteiger partial charge in [-0.15, -0.1) is 10.2 Å². The summed E-state index contributed by atoms with van der Waals surface area (Å²) in [7, 11) is 0. The Balaban J connectivity index is 2.19. The lowest BCUT2D eigenvalue weighted by atomic mass is 10.1. The lowest BCUT2D eigenvalue weighted by Gasteiger charge is -2.15. The molecule has 3 rings (SSSR count). The summed E-state index contributed by atoms with van der Waals surface area (Å²) in [5.74, 6) is -2.99. The molecule has 0 fully saturated rings. The van der Waals surface area contributed by atoms with E-state index < -0.39 is 28.1 Å². The predicted molar refractivity (Wildman–Crippen MR) is 73.1 cm³/mol. The number of carbonyl (C=O) groups excluding carboxylic acids is 1. The average Bonchev–Trinajstić information content (AvgIpc) is 3.02. The minimum Gasteiger partial charge on any atom is -0.504 e. The quantitative estimate of drug-likeness (QED) is 0.398. The summed E-state index contributed by atoms with van der Waals surface area (Å²) in [4.78, 5) is 21.3. The van der Waals surface area contributed by atoms with Crippen LogP contribution in [0, 0.1) is 10.1 Å². The third-order valence-corrected chi connectivity index (χ3v) is 3.06. The zero-order valence-corrected chi connectivity index (χ0v) is 11.6. The standard InChI is InChI=1S/C13H7FN4O6/c14-10-3-1-2-7(17(10)21)13-16-15-12(24-13)6-4-8(18(22)23)11(20)9(19)5-6/h1-5,19,21H/b12-6+,13-7-. The number of aromatic nitrogens is 2. The van der Waals surface area contributed by atoms with Gasteiger partial charge in [-0.1, -0.05) is 6.08 Å². The maximum Gasteiger partial charge on any atom is 0.321 e. The number of allylic oxidation sites excluding steroid dienone is 4. The van der Waals surface area contributed by atoms with Crippen molar-refractivity contribution in [1.29, 1.82) is 0 Å². The molecule has 1 aliphatic heterocycles. The third kappa shape index (κ3) is 2.48. The van der Waals surface area contributed by atoms with Crippen LogP contribution in [0.3, 0.4) is 0 Å². The first-order chi connectivity index (χ1) is 11.4. The highest BCUT2D eigenvalue weighted by Gasteiger charge is 2.30. The van der Waals surface area contributed by atoms with Crippen LogP contribution in [-0.4, -0.2) is 36.3 Å². The molecule has 2 aliphatic rings. The van der Waals surface area contributed by atoms with E-state index in [-0.39, 0.29) is 27.4 Å². The molecule has 0 amide bonds. The Bertz CT molecular complexity index is 1000. The van der Waals surface area contributed by atoms with Crippen LogP contribution < -0.4 is 11.1 Å². The number of nitrogens with zero attached hydrogens (tertiary/aromatic N) is 4. The van der Waals surface area contributed by atoms with Crippen molar-refractivity contribution in [2.45, 2.75) is 0 Å². The molecule has 10 nitrogen and oxygen atoms in total. The van der Waals surface area contributed by atoms with Crippen LogP contribution in [-0.2, 0) is 4.79 Å². The Hall–Kier alpha value is -3.60. The van der Waals surface area contributed by atoms with Gasteiger partial charge < -0.3 is 9.52 Å². The van der Waals surface area contributed by atoms with Crippen molar-refractivity contribution in [2.75, 3.05) is 0 Å². The molecule has 0 aromatic carbocycles. The summed E-state index contributed by atoms with van der Waals surface area (Å²) >= 11 is 0. The van der Waals surface area contributed by atoms with Crippen LogP contribution >= 0.6 is 0 Å². The molecule has 0 spiro atoms. The first-order valence-electron chi connectivity index (χ1n) is 6.31. The second kappa shape index (κ2) is 5.55. The minimum atomic E-state index is -1.15. The van der Waals surface area contributed by atoms with Gasteiger partial charge in [-0.3, -0.25) is 20.1 Å². The Labute approximate surface area is 131 Å². The maximum absolute atomic E-state index is 13.3. The molecule has 1 aromatic heterocycles. The number of ketones is 1. The van der Waals surface area contributed by atoms with Gasteiger partial charge >= 0.3 is 5.70 Å². The molecule has 0 bridgehead atoms. The normalized spacial score (nSPS) is 22.2. The third-order valence-electron chi connectivity index (χ3n) is 3.06. The second-order valence-corrected chi connectivity index (χ2v) is 4.56. The molecule has 122 valence electrons. The lowest BCUT2D eigenvalue weighted by molar-refractivity contribution is -0.418. The van der Waals surface area contributed by atoms with E-state index >= 15 is 0 Å². The second-order valence-electron chi connectivity index (χ2n) is 4.56. The van der Waals surface area contributed by atoms with E-state index in [1.807, 2.05) is 0 Å². The minimum absolute atomic E-state index is 0.0848. The smallest absolute Gasteiger partial charge is 0.321 e. The fourth-order valence-electron chi connectivity index (χ4n) is 1.94. The monoisotopic (exact) mass is 334 g/mol. The van der Waals surface area contributed by atoms with Gasteiger partial charge in [-0.25, -0.2) is 0 Å². The zero-order chi connectivity index (χ0) is 17.4. The zero-order valence-electron chi connectivity index (χ0n) is 11.6. The fraction of sp³-hybridized carbons (Fsp3) is 0. The number of aliphatic hydroxyl groups is 1. The highest BCUT2D eigenvalue weighted by molar-refractivity contribution is 6.09. The van der Waals surface area contributed by atoms with E-state index in [0.717, 1.165) is 18.2 Å². The maximum atomic E-state index is 13.3. The molecular weight excluding hydrogens is 327 g/mol. The van der Waals surface area contributed by atoms with E-state index in [1.54, 1.807) is 0 Å². The van der Waals surface area contributed by atoms with Crippen molar-refractivity contribution < 1.29 is 28.8 Å². The first kappa shape index (κ1) is 15.3. The number of halogens is 1. The molecule has 1 aromatic rings. The average molecular weight is 334 g/mol. The Morgan fingerprint density at radius 3 is 2.71 bits per heavy atom. The molecule has 0 saturated heterocycles. The Morgan fingerprint density at radius 1 is 1.29 bits per heavy atom. The van der Waals surface area contributed by atoms with Crippen molar-refractivity contribution in [1.82, 2.24) is 15.3 Å². The molecule has 0 radical (unpaired) electrons. The highest BCUT2D eigenvalue weighted by Crippen LogP contribution is 2.18. The number of carbonyl (C=O) groups is 1. The fourth-order valence-corrected chi connectivity index (χ4v) is 1.94. The molecule has 0 saturated carbocycles. The van der Waals surface area contributed by atoms with Gasteiger partial charge in [0.05, 0.1) is 4.92 Å². The molecule has 24 heavy (non-hydrogen) atoms. The topological polar surface area (TPSA) is 143 Å². The largest absolute Gasteiger partial charge is 0.504 e. The molecular formula is C13H7FN4O6. The van der Waals surface area contributed by atoms with Crippen LogP contribution in [0.5, 0.6) is 0 Å². The number of hydrogen-bond donors (Lipinski definition) is 2. The number of rotatable bonds is 1. The van der Waals surface area contributed by atoms with E-state index in [2.05, 4.69) is 10.2 Å². The SMILES string of the molecule is O=C1C(O)=C/C(=c2\nn/c(=C3\C=CC=C(F)N3O)o2)C=C1[N+](=O)[O-]. The number of hydroxylamine groups is 2. The molecule has 2 N–H and O–H groups in total. The number of hydrogen-bond acceptors (Lipinski definition) is 9. The summed E-state index contributed by atoms with van der Waals surface area (Å²) in [6.07, 6.45) is 5.36. The number of aliphatic hydroxyl groups excluding tert-OH is 1. The van der Waals surface area contributed by atoms with Crippen LogP contribution in [0.25, 0.3) is 11.3 Å². The molecule has 2 heterocycles. The Morgan fingerprint density at radius 2 is 2.00 bits per heavy atom. The van der Waals surface area contributed by atoms with E-state index in [9.17, 15) is 29.6 Å². The van der Waals surface area contributed by atoms with Crippen molar-refractivity contribution >= 4 is 17.1 Å². The first-order valence-corrected chi connectivity index (χ1v) is 6.31. The van der Waals surface area contributed by atoms with E-state index in [4.69, 9.17) is 4.42 Å². The van der Waals surface area contributed by atoms with Crippen LogP contribution in [0.4, 0.5) is 4.39 Å². The number of Topliss-reactive ketones (excluding diaryl/α,β-unsaturated/α-hetero) is 1. The van der Waals surface area contributed by atoms with Crippen molar-refractivity contribution in [3.05, 3.63) is 69.0 Å². The summed E-state index contributed by atoms with van der Waals surface area (Å²) in [5, 5.41) is 37.3. The van der Waals surface area contributed by atoms with Crippen LogP contribution in [0.2, 0.25) is 0 Å². The van der Waals surface area contributed by atoms with E-state index in [1.165, 1.54) is 12.2 Å². The number of nitro groups is 1. The summed E-state index contributed by atoms with van der Waals surface area (Å²) < 4.78 is 18.5. The van der Waals surface area contributed by atoms with Gasteiger partial charge in [-0.2, -0.15) is 9.45 Å². The summed E-state index contributed by atoms with van der Waals surface area (Å²) in [6, 6.07) is 0. The molecule has 1 aliphatic carbocycles. The van der Waals surface area contributed by atoms with Gasteiger partial charge in [0.2, 0.25) is 11.5 Å². The molecule has 0 atom stereocenters. The highest BCUT2D eigenvalue weighted by atomic mass is 19.1. The van der Waals surface area contributed by atoms with Gasteiger partial charge in [0, 0.05) is 11.6 Å². The molecule has 11 heteroatoms. The van der Waals surface area contributed by atoms with Crippen LogP contribution in [0.1, 0.15) is 0 Å². The van der Waals surface area contributed by atoms with Gasteiger partial charge in [0.15, 0.2) is 5.76 Å².